The van der Waals surface area contributed by atoms with Crippen LogP contribution in [0.3, 0.4) is 0 Å². The molecule has 2 unspecified atom stereocenters. The predicted octanol–water partition coefficient (Wildman–Crippen LogP) is 2.70. The van der Waals surface area contributed by atoms with Gasteiger partial charge in [-0.25, -0.2) is 0 Å². The predicted molar refractivity (Wildman–Crippen MR) is 86.5 cm³/mol. The third-order valence-electron chi connectivity index (χ3n) is 3.52. The Kier molecular flexibility index (Phi) is 5.78. The maximum absolute atomic E-state index is 11.8. The number of benzene rings is 1. The van der Waals surface area contributed by atoms with Gasteiger partial charge in [-0.3, -0.25) is 4.79 Å². The summed E-state index contributed by atoms with van der Waals surface area (Å²) in [6.45, 7) is 11.8. The number of nitrogens with one attached hydrogen (secondary N) is 1. The van der Waals surface area contributed by atoms with Gasteiger partial charge >= 0.3 is 0 Å². The Bertz CT molecular complexity index is 500. The van der Waals surface area contributed by atoms with Crippen LogP contribution in [0.15, 0.2) is 18.2 Å². The average Bonchev–Trinajstić information content (AvgIpc) is 2.32. The molecule has 1 amide bonds. The van der Waals surface area contributed by atoms with Crippen molar-refractivity contribution in [1.29, 1.82) is 0 Å². The summed E-state index contributed by atoms with van der Waals surface area (Å²) in [6, 6.07) is 6.29. The van der Waals surface area contributed by atoms with Gasteiger partial charge in [0.25, 0.3) is 0 Å². The number of carbonyl (C=O) groups is 1. The first-order valence-electron chi connectivity index (χ1n) is 7.45. The van der Waals surface area contributed by atoms with Gasteiger partial charge in [-0.05, 0) is 58.7 Å². The van der Waals surface area contributed by atoms with Crippen LogP contribution in [0.2, 0.25) is 0 Å². The third-order valence-corrected chi connectivity index (χ3v) is 3.52. The Balaban J connectivity index is 2.81. The highest BCUT2D eigenvalue weighted by molar-refractivity contribution is 5.84. The van der Waals surface area contributed by atoms with Crippen LogP contribution >= 0.6 is 0 Å². The van der Waals surface area contributed by atoms with Crippen molar-refractivity contribution in [3.63, 3.8) is 0 Å². The number of amides is 1. The number of carbonyl (C=O) groups excluding carboxylic acids is 1. The van der Waals surface area contributed by atoms with Crippen molar-refractivity contribution in [2.75, 3.05) is 0 Å². The monoisotopic (exact) mass is 292 g/mol. The van der Waals surface area contributed by atoms with Gasteiger partial charge in [0.2, 0.25) is 5.91 Å². The van der Waals surface area contributed by atoms with Crippen molar-refractivity contribution in [1.82, 2.24) is 5.32 Å². The molecule has 0 aliphatic carbocycles. The van der Waals surface area contributed by atoms with Crippen LogP contribution < -0.4 is 15.8 Å². The second kappa shape index (κ2) is 6.94. The second-order valence-electron chi connectivity index (χ2n) is 6.40. The van der Waals surface area contributed by atoms with Crippen molar-refractivity contribution in [3.05, 3.63) is 29.3 Å². The highest BCUT2D eigenvalue weighted by Gasteiger charge is 2.34. The molecule has 0 radical (unpaired) electrons. The van der Waals surface area contributed by atoms with E-state index in [4.69, 9.17) is 10.5 Å². The molecule has 0 saturated heterocycles. The standard InChI is InChI=1S/C17H28N2O2/c1-11(2)19-17(6,16(18)20)10-14(5)21-15-9-12(3)7-8-13(15)4/h7-9,11,14,19H,10H2,1-6H3,(H2,18,20). The zero-order valence-corrected chi connectivity index (χ0v) is 14.0. The minimum Gasteiger partial charge on any atom is -0.490 e. The lowest BCUT2D eigenvalue weighted by Gasteiger charge is -2.32. The van der Waals surface area contributed by atoms with E-state index in [1.54, 1.807) is 0 Å². The topological polar surface area (TPSA) is 64.3 Å². The van der Waals surface area contributed by atoms with Gasteiger partial charge in [0.05, 0.1) is 11.6 Å². The number of rotatable bonds is 7. The first kappa shape index (κ1) is 17.5. The van der Waals surface area contributed by atoms with Crippen molar-refractivity contribution in [3.8, 4) is 5.75 Å². The van der Waals surface area contributed by atoms with E-state index in [2.05, 4.69) is 11.4 Å². The molecule has 0 heterocycles. The zero-order valence-electron chi connectivity index (χ0n) is 14.0. The quantitative estimate of drug-likeness (QED) is 0.812. The van der Waals surface area contributed by atoms with E-state index < -0.39 is 5.54 Å². The maximum Gasteiger partial charge on any atom is 0.237 e. The van der Waals surface area contributed by atoms with E-state index in [1.807, 2.05) is 53.7 Å². The minimum atomic E-state index is -0.773. The summed E-state index contributed by atoms with van der Waals surface area (Å²) < 4.78 is 6.01. The lowest BCUT2D eigenvalue weighted by molar-refractivity contribution is -0.125. The highest BCUT2D eigenvalue weighted by Crippen LogP contribution is 2.23. The minimum absolute atomic E-state index is 0.116. The molecule has 4 heteroatoms. The molecule has 118 valence electrons. The summed E-state index contributed by atoms with van der Waals surface area (Å²) in [5.74, 6) is 0.506. The fraction of sp³-hybridized carbons (Fsp3) is 0.588. The lowest BCUT2D eigenvalue weighted by atomic mass is 9.93. The fourth-order valence-electron chi connectivity index (χ4n) is 2.54. The van der Waals surface area contributed by atoms with Gasteiger partial charge in [-0.1, -0.05) is 12.1 Å². The summed E-state index contributed by atoms with van der Waals surface area (Å²) in [4.78, 5) is 11.8. The number of hydrogen-bond donors (Lipinski definition) is 2. The van der Waals surface area contributed by atoms with E-state index in [9.17, 15) is 4.79 Å². The number of hydrogen-bond acceptors (Lipinski definition) is 3. The molecule has 0 aliphatic heterocycles. The van der Waals surface area contributed by atoms with Crippen molar-refractivity contribution < 1.29 is 9.53 Å². The van der Waals surface area contributed by atoms with Crippen LogP contribution in [0.5, 0.6) is 5.75 Å². The van der Waals surface area contributed by atoms with Gasteiger partial charge in [0, 0.05) is 12.5 Å². The summed E-state index contributed by atoms with van der Waals surface area (Å²) in [7, 11) is 0. The summed E-state index contributed by atoms with van der Waals surface area (Å²) in [5, 5.41) is 3.24. The van der Waals surface area contributed by atoms with Crippen LogP contribution in [-0.2, 0) is 4.79 Å². The first-order valence-corrected chi connectivity index (χ1v) is 7.45. The molecule has 0 bridgehead atoms. The molecule has 2 atom stereocenters. The van der Waals surface area contributed by atoms with Gasteiger partial charge in [0.15, 0.2) is 0 Å². The molecule has 0 aliphatic rings. The molecular formula is C17H28N2O2. The third kappa shape index (κ3) is 5.05. The average molecular weight is 292 g/mol. The van der Waals surface area contributed by atoms with Gasteiger partial charge in [0.1, 0.15) is 5.75 Å². The Morgan fingerprint density at radius 2 is 1.95 bits per heavy atom. The molecule has 1 aromatic carbocycles. The van der Waals surface area contributed by atoms with E-state index in [1.165, 1.54) is 0 Å². The van der Waals surface area contributed by atoms with Crippen LogP contribution in [0.1, 0.15) is 45.2 Å². The zero-order chi connectivity index (χ0) is 16.2. The molecule has 0 spiro atoms. The SMILES string of the molecule is Cc1ccc(C)c(OC(C)CC(C)(NC(C)C)C(N)=O)c1. The van der Waals surface area contributed by atoms with E-state index in [0.717, 1.165) is 16.9 Å². The molecule has 4 nitrogen and oxygen atoms in total. The summed E-state index contributed by atoms with van der Waals surface area (Å²) in [6.07, 6.45) is 0.405. The van der Waals surface area contributed by atoms with Crippen molar-refractivity contribution >= 4 is 5.91 Å². The van der Waals surface area contributed by atoms with E-state index in [-0.39, 0.29) is 18.1 Å². The van der Waals surface area contributed by atoms with E-state index in [0.29, 0.717) is 6.42 Å². The normalized spacial score (nSPS) is 15.6. The lowest BCUT2D eigenvalue weighted by Crippen LogP contribution is -2.57. The van der Waals surface area contributed by atoms with Gasteiger partial charge < -0.3 is 15.8 Å². The summed E-state index contributed by atoms with van der Waals surface area (Å²) >= 11 is 0. The molecule has 0 aromatic heterocycles. The number of ether oxygens (including phenoxy) is 1. The number of primary amides is 1. The van der Waals surface area contributed by atoms with Gasteiger partial charge in [-0.2, -0.15) is 0 Å². The Morgan fingerprint density at radius 3 is 2.48 bits per heavy atom. The van der Waals surface area contributed by atoms with Crippen LogP contribution in [-0.4, -0.2) is 23.6 Å². The van der Waals surface area contributed by atoms with Gasteiger partial charge in [-0.15, -0.1) is 0 Å². The highest BCUT2D eigenvalue weighted by atomic mass is 16.5. The van der Waals surface area contributed by atoms with E-state index >= 15 is 0 Å². The number of nitrogens with two attached hydrogens (primary N) is 1. The van der Waals surface area contributed by atoms with Crippen LogP contribution in [0.4, 0.5) is 0 Å². The summed E-state index contributed by atoms with van der Waals surface area (Å²) in [5.41, 5.74) is 7.03. The smallest absolute Gasteiger partial charge is 0.237 e. The molecule has 3 N–H and O–H groups in total. The molecule has 0 fully saturated rings. The van der Waals surface area contributed by atoms with Crippen LogP contribution in [0.25, 0.3) is 0 Å². The Hall–Kier alpha value is -1.55. The van der Waals surface area contributed by atoms with Crippen molar-refractivity contribution in [2.24, 2.45) is 5.73 Å². The Labute approximate surface area is 128 Å². The molecular weight excluding hydrogens is 264 g/mol. The maximum atomic E-state index is 11.8. The molecule has 1 aromatic rings. The largest absolute Gasteiger partial charge is 0.490 e. The van der Waals surface area contributed by atoms with Crippen molar-refractivity contribution in [2.45, 2.75) is 65.6 Å². The molecule has 21 heavy (non-hydrogen) atoms. The molecule has 0 saturated carbocycles. The second-order valence-corrected chi connectivity index (χ2v) is 6.40. The number of aryl methyl sites for hydroxylation is 2. The van der Waals surface area contributed by atoms with Crippen LogP contribution in [0, 0.1) is 13.8 Å². The first-order chi connectivity index (χ1) is 9.64. The molecule has 1 rings (SSSR count). The Morgan fingerprint density at radius 1 is 1.33 bits per heavy atom. The fourth-order valence-corrected chi connectivity index (χ4v) is 2.54.